The normalized spacial score (nSPS) is 15.7. The minimum Gasteiger partial charge on any atom is -0.497 e. The van der Waals surface area contributed by atoms with Crippen LogP contribution in [0.5, 0.6) is 0 Å². The summed E-state index contributed by atoms with van der Waals surface area (Å²) in [6, 6.07) is 0. The minimum absolute atomic E-state index is 0.0326. The number of carbonyl (C=O) groups excluding carboxylic acids is 1. The van der Waals surface area contributed by atoms with E-state index < -0.39 is 0 Å². The van der Waals surface area contributed by atoms with Gasteiger partial charge >= 0.3 is 0 Å². The van der Waals surface area contributed by atoms with Crippen LogP contribution in [0.25, 0.3) is 0 Å². The molecule has 0 unspecified atom stereocenters. The van der Waals surface area contributed by atoms with E-state index in [0.717, 1.165) is 5.57 Å². The summed E-state index contributed by atoms with van der Waals surface area (Å²) in [5.41, 5.74) is 2.20. The smallest absolute Gasteiger partial charge is 0.222 e. The number of nitrogens with one attached hydrogen (secondary N) is 1. The van der Waals surface area contributed by atoms with Gasteiger partial charge in [0.25, 0.3) is 0 Å². The van der Waals surface area contributed by atoms with E-state index in [-0.39, 0.29) is 11.8 Å². The van der Waals surface area contributed by atoms with E-state index in [2.05, 4.69) is 5.32 Å². The van der Waals surface area contributed by atoms with Gasteiger partial charge in [0.2, 0.25) is 5.91 Å². The molecular weight excluding hydrogens is 178 g/mol. The molecule has 1 amide bonds. The molecule has 0 aromatic rings. The predicted octanol–water partition coefficient (Wildman–Crippen LogP) is 1.62. The molecule has 0 saturated carbocycles. The number of carbonyl (C=O) groups is 1. The zero-order chi connectivity index (χ0) is 10.6. The number of amides is 1. The van der Waals surface area contributed by atoms with Gasteiger partial charge in [0.05, 0.1) is 6.26 Å². The van der Waals surface area contributed by atoms with Crippen LogP contribution in [0.2, 0.25) is 0 Å². The second-order valence-corrected chi connectivity index (χ2v) is 3.87. The molecule has 0 saturated heterocycles. The zero-order valence-corrected chi connectivity index (χ0v) is 8.96. The summed E-state index contributed by atoms with van der Waals surface area (Å²) in [6.07, 6.45) is 3.75. The molecule has 1 N–H and O–H groups in total. The van der Waals surface area contributed by atoms with E-state index in [1.54, 1.807) is 6.26 Å². The molecule has 0 atom stereocenters. The highest BCUT2D eigenvalue weighted by atomic mass is 16.5. The summed E-state index contributed by atoms with van der Waals surface area (Å²) < 4.78 is 5.21. The van der Waals surface area contributed by atoms with Crippen molar-refractivity contribution in [2.24, 2.45) is 5.92 Å². The van der Waals surface area contributed by atoms with Crippen molar-refractivity contribution >= 4 is 5.91 Å². The fourth-order valence-electron chi connectivity index (χ4n) is 1.16. The summed E-state index contributed by atoms with van der Waals surface area (Å²) in [5.74, 6) is 0.104. The lowest BCUT2D eigenvalue weighted by atomic mass is 10.1. The third kappa shape index (κ3) is 3.24. The van der Waals surface area contributed by atoms with E-state index in [1.165, 1.54) is 5.57 Å². The van der Waals surface area contributed by atoms with Gasteiger partial charge in [0.1, 0.15) is 6.61 Å². The molecular formula is C11H17NO2. The first-order valence-corrected chi connectivity index (χ1v) is 4.85. The van der Waals surface area contributed by atoms with Gasteiger partial charge in [-0.25, -0.2) is 0 Å². The SMILES string of the molecule is CC1=CC(CNC(=O)C(C)C)=COC1. The Labute approximate surface area is 84.8 Å². The average Bonchev–Trinajstić information content (AvgIpc) is 2.14. The zero-order valence-electron chi connectivity index (χ0n) is 8.96. The number of hydrogen-bond acceptors (Lipinski definition) is 2. The van der Waals surface area contributed by atoms with Gasteiger partial charge in [-0.2, -0.15) is 0 Å². The van der Waals surface area contributed by atoms with Crippen LogP contribution in [0.4, 0.5) is 0 Å². The van der Waals surface area contributed by atoms with E-state index in [4.69, 9.17) is 4.74 Å². The molecule has 0 aliphatic carbocycles. The molecule has 1 aliphatic rings. The van der Waals surface area contributed by atoms with E-state index in [1.807, 2.05) is 26.8 Å². The first-order valence-electron chi connectivity index (χ1n) is 4.85. The van der Waals surface area contributed by atoms with Crippen molar-refractivity contribution < 1.29 is 9.53 Å². The van der Waals surface area contributed by atoms with E-state index in [0.29, 0.717) is 13.2 Å². The van der Waals surface area contributed by atoms with Crippen molar-refractivity contribution in [3.8, 4) is 0 Å². The van der Waals surface area contributed by atoms with Crippen LogP contribution in [-0.2, 0) is 9.53 Å². The lowest BCUT2D eigenvalue weighted by molar-refractivity contribution is -0.123. The van der Waals surface area contributed by atoms with Crippen LogP contribution < -0.4 is 5.32 Å². The lowest BCUT2D eigenvalue weighted by Gasteiger charge is -2.13. The molecule has 3 heteroatoms. The summed E-state index contributed by atoms with van der Waals surface area (Å²) in [6.45, 7) is 6.97. The number of rotatable bonds is 3. The molecule has 0 bridgehead atoms. The summed E-state index contributed by atoms with van der Waals surface area (Å²) >= 11 is 0. The van der Waals surface area contributed by atoms with Crippen molar-refractivity contribution in [1.29, 1.82) is 0 Å². The lowest BCUT2D eigenvalue weighted by Crippen LogP contribution is -2.29. The highest BCUT2D eigenvalue weighted by Gasteiger charge is 2.07. The van der Waals surface area contributed by atoms with Crippen molar-refractivity contribution in [1.82, 2.24) is 5.32 Å². The van der Waals surface area contributed by atoms with Gasteiger partial charge in [0, 0.05) is 18.0 Å². The number of hydrogen-bond donors (Lipinski definition) is 1. The molecule has 0 spiro atoms. The topological polar surface area (TPSA) is 38.3 Å². The van der Waals surface area contributed by atoms with Crippen LogP contribution in [0.1, 0.15) is 20.8 Å². The Morgan fingerprint density at radius 3 is 2.93 bits per heavy atom. The van der Waals surface area contributed by atoms with Gasteiger partial charge in [0.15, 0.2) is 0 Å². The molecule has 3 nitrogen and oxygen atoms in total. The highest BCUT2D eigenvalue weighted by Crippen LogP contribution is 2.09. The van der Waals surface area contributed by atoms with Gasteiger partial charge < -0.3 is 10.1 Å². The summed E-state index contributed by atoms with van der Waals surface area (Å²) in [7, 11) is 0. The van der Waals surface area contributed by atoms with Gasteiger partial charge in [-0.05, 0) is 12.5 Å². The molecule has 0 radical (unpaired) electrons. The molecule has 1 rings (SSSR count). The number of ether oxygens (including phenoxy) is 1. The Bertz CT molecular complexity index is 277. The minimum atomic E-state index is 0.0326. The first kappa shape index (κ1) is 10.8. The Hall–Kier alpha value is -1.25. The molecule has 0 aromatic carbocycles. The van der Waals surface area contributed by atoms with Crippen LogP contribution >= 0.6 is 0 Å². The Balaban J connectivity index is 2.39. The largest absolute Gasteiger partial charge is 0.497 e. The van der Waals surface area contributed by atoms with Gasteiger partial charge in [-0.3, -0.25) is 4.79 Å². The maximum absolute atomic E-state index is 11.3. The van der Waals surface area contributed by atoms with Crippen molar-refractivity contribution in [3.05, 3.63) is 23.5 Å². The van der Waals surface area contributed by atoms with Crippen LogP contribution in [0.3, 0.4) is 0 Å². The van der Waals surface area contributed by atoms with Gasteiger partial charge in [-0.15, -0.1) is 0 Å². The molecule has 1 aliphatic heterocycles. The predicted molar refractivity (Wildman–Crippen MR) is 55.6 cm³/mol. The fraction of sp³-hybridized carbons (Fsp3) is 0.545. The Morgan fingerprint density at radius 1 is 1.64 bits per heavy atom. The molecule has 78 valence electrons. The highest BCUT2D eigenvalue weighted by molar-refractivity contribution is 5.78. The maximum Gasteiger partial charge on any atom is 0.222 e. The van der Waals surface area contributed by atoms with Crippen molar-refractivity contribution in [2.45, 2.75) is 20.8 Å². The average molecular weight is 195 g/mol. The van der Waals surface area contributed by atoms with Crippen LogP contribution in [0.15, 0.2) is 23.5 Å². The first-order chi connectivity index (χ1) is 6.59. The van der Waals surface area contributed by atoms with Crippen molar-refractivity contribution in [2.75, 3.05) is 13.2 Å². The third-order valence-electron chi connectivity index (χ3n) is 1.97. The Morgan fingerprint density at radius 2 is 2.36 bits per heavy atom. The van der Waals surface area contributed by atoms with E-state index in [9.17, 15) is 4.79 Å². The molecule has 0 fully saturated rings. The quantitative estimate of drug-likeness (QED) is 0.743. The second kappa shape index (κ2) is 4.84. The van der Waals surface area contributed by atoms with E-state index >= 15 is 0 Å². The summed E-state index contributed by atoms with van der Waals surface area (Å²) in [4.78, 5) is 11.3. The third-order valence-corrected chi connectivity index (χ3v) is 1.97. The van der Waals surface area contributed by atoms with Crippen LogP contribution in [-0.4, -0.2) is 19.1 Å². The maximum atomic E-state index is 11.3. The molecule has 14 heavy (non-hydrogen) atoms. The monoisotopic (exact) mass is 195 g/mol. The second-order valence-electron chi connectivity index (χ2n) is 3.87. The Kier molecular flexibility index (Phi) is 3.74. The summed E-state index contributed by atoms with van der Waals surface area (Å²) in [5, 5.41) is 2.84. The fourth-order valence-corrected chi connectivity index (χ4v) is 1.16. The van der Waals surface area contributed by atoms with Gasteiger partial charge in [-0.1, -0.05) is 19.9 Å². The molecule has 1 heterocycles. The standard InChI is InChI=1S/C11H17NO2/c1-8(2)11(13)12-5-10-4-9(3)6-14-7-10/h4,7-8H,5-6H2,1-3H3,(H,12,13). The van der Waals surface area contributed by atoms with Crippen LogP contribution in [0, 0.1) is 5.92 Å². The molecule has 0 aromatic heterocycles. The van der Waals surface area contributed by atoms with Crippen molar-refractivity contribution in [3.63, 3.8) is 0 Å².